The molecule has 1 aromatic heterocycles. The fourth-order valence-corrected chi connectivity index (χ4v) is 3.71. The Morgan fingerprint density at radius 2 is 2.10 bits per heavy atom. The zero-order valence-electron chi connectivity index (χ0n) is 16.4. The molecule has 1 aliphatic rings. The maximum Gasteiger partial charge on any atom is 0.231 e. The van der Waals surface area contributed by atoms with E-state index in [2.05, 4.69) is 15.3 Å². The lowest BCUT2D eigenvalue weighted by atomic mass is 10.00. The van der Waals surface area contributed by atoms with Gasteiger partial charge in [0.25, 0.3) is 0 Å². The van der Waals surface area contributed by atoms with Crippen LogP contribution in [0.25, 0.3) is 0 Å². The topological polar surface area (TPSA) is 108 Å². The first kappa shape index (κ1) is 19.5. The molecule has 1 amide bonds. The Bertz CT molecular complexity index is 1150. The molecule has 0 saturated heterocycles. The predicted octanol–water partition coefficient (Wildman–Crippen LogP) is 2.79. The first-order valence-corrected chi connectivity index (χ1v) is 9.53. The number of fused-ring (bicyclic) bond motifs is 1. The minimum absolute atomic E-state index is 0.0830. The van der Waals surface area contributed by atoms with Crippen LogP contribution in [-0.2, 0) is 17.6 Å². The molecule has 0 radical (unpaired) electrons. The van der Waals surface area contributed by atoms with Crippen molar-refractivity contribution in [3.8, 4) is 0 Å². The van der Waals surface area contributed by atoms with Gasteiger partial charge in [0.15, 0.2) is 0 Å². The van der Waals surface area contributed by atoms with Crippen LogP contribution >= 0.6 is 0 Å². The maximum absolute atomic E-state index is 13.4. The molecule has 3 aromatic rings. The van der Waals surface area contributed by atoms with E-state index in [4.69, 9.17) is 11.1 Å². The zero-order chi connectivity index (χ0) is 21.3. The summed E-state index contributed by atoms with van der Waals surface area (Å²) < 4.78 is 13.4. The molecule has 0 aliphatic carbocycles. The van der Waals surface area contributed by atoms with Gasteiger partial charge in [-0.05, 0) is 41.8 Å². The number of nitrogen functional groups attached to an aromatic ring is 1. The van der Waals surface area contributed by atoms with Gasteiger partial charge in [-0.2, -0.15) is 0 Å². The molecule has 2 aromatic carbocycles. The maximum atomic E-state index is 13.4. The molecule has 0 saturated carbocycles. The predicted molar refractivity (Wildman–Crippen MR) is 115 cm³/mol. The van der Waals surface area contributed by atoms with Gasteiger partial charge in [0.2, 0.25) is 5.91 Å². The van der Waals surface area contributed by atoms with Crippen LogP contribution in [0.2, 0.25) is 0 Å². The second kappa shape index (κ2) is 7.90. The number of amides is 1. The number of rotatable bonds is 5. The van der Waals surface area contributed by atoms with E-state index in [1.165, 1.54) is 18.5 Å². The summed E-state index contributed by atoms with van der Waals surface area (Å²) in [7, 11) is 1.71. The van der Waals surface area contributed by atoms with Gasteiger partial charge in [0.1, 0.15) is 23.8 Å². The molecule has 1 aliphatic heterocycles. The summed E-state index contributed by atoms with van der Waals surface area (Å²) in [6.45, 7) is 0.554. The second-order valence-electron chi connectivity index (χ2n) is 7.05. The van der Waals surface area contributed by atoms with E-state index in [0.29, 0.717) is 35.5 Å². The highest BCUT2D eigenvalue weighted by Crippen LogP contribution is 2.31. The van der Waals surface area contributed by atoms with Gasteiger partial charge in [-0.3, -0.25) is 10.2 Å². The van der Waals surface area contributed by atoms with Gasteiger partial charge in [-0.15, -0.1) is 0 Å². The normalized spacial score (nSPS) is 12.5. The van der Waals surface area contributed by atoms with Gasteiger partial charge >= 0.3 is 0 Å². The van der Waals surface area contributed by atoms with Crippen LogP contribution in [0.4, 0.5) is 21.7 Å². The van der Waals surface area contributed by atoms with E-state index in [9.17, 15) is 9.18 Å². The molecule has 2 heterocycles. The lowest BCUT2D eigenvalue weighted by molar-refractivity contribution is -0.117. The highest BCUT2D eigenvalue weighted by Gasteiger charge is 2.26. The molecule has 0 unspecified atom stereocenters. The lowest BCUT2D eigenvalue weighted by Gasteiger charge is -2.18. The average molecular weight is 404 g/mol. The van der Waals surface area contributed by atoms with Gasteiger partial charge in [0.05, 0.1) is 17.7 Å². The monoisotopic (exact) mass is 404 g/mol. The Morgan fingerprint density at radius 3 is 2.87 bits per heavy atom. The van der Waals surface area contributed by atoms with Crippen molar-refractivity contribution in [2.45, 2.75) is 12.8 Å². The second-order valence-corrected chi connectivity index (χ2v) is 7.05. The molecule has 30 heavy (non-hydrogen) atoms. The Kier molecular flexibility index (Phi) is 5.14. The summed E-state index contributed by atoms with van der Waals surface area (Å²) in [5, 5.41) is 11.5. The van der Waals surface area contributed by atoms with Crippen molar-refractivity contribution in [2.24, 2.45) is 0 Å². The fraction of sp³-hybridized carbons (Fsp3) is 0.182. The summed E-state index contributed by atoms with van der Waals surface area (Å²) in [5.74, 6) is 0.280. The molecule has 7 nitrogen and oxygen atoms in total. The van der Waals surface area contributed by atoms with Crippen molar-refractivity contribution in [1.29, 1.82) is 5.41 Å². The molecule has 0 atom stereocenters. The molecule has 0 bridgehead atoms. The quantitative estimate of drug-likeness (QED) is 0.567. The molecule has 4 rings (SSSR count). The van der Waals surface area contributed by atoms with Crippen molar-refractivity contribution < 1.29 is 9.18 Å². The number of carbonyl (C=O) groups excluding carboxylic acids is 1. The molecule has 8 heteroatoms. The summed E-state index contributed by atoms with van der Waals surface area (Å²) in [4.78, 5) is 22.6. The number of anilines is 3. The smallest absolute Gasteiger partial charge is 0.231 e. The van der Waals surface area contributed by atoms with Crippen molar-refractivity contribution in [2.75, 3.05) is 29.5 Å². The highest BCUT2D eigenvalue weighted by molar-refractivity contribution is 6.16. The summed E-state index contributed by atoms with van der Waals surface area (Å²) >= 11 is 0. The number of benzene rings is 2. The van der Waals surface area contributed by atoms with E-state index in [-0.39, 0.29) is 29.7 Å². The standard InChI is InChI=1S/C22H21FN6O/c1-26-22-19(21(25)27-12-28-22)20(24)15-5-6-17-14(11-15)7-8-29(17)18(30)10-13-3-2-4-16(23)9-13/h2-6,9,11-12,24H,7-8,10H2,1H3,(H3,25,26,27,28). The van der Waals surface area contributed by atoms with Gasteiger partial charge in [0, 0.05) is 24.8 Å². The number of aromatic nitrogens is 2. The number of halogens is 1. The first-order valence-electron chi connectivity index (χ1n) is 9.53. The van der Waals surface area contributed by atoms with Crippen LogP contribution < -0.4 is 16.0 Å². The Morgan fingerprint density at radius 1 is 1.27 bits per heavy atom. The van der Waals surface area contributed by atoms with Gasteiger partial charge < -0.3 is 16.0 Å². The third-order valence-corrected chi connectivity index (χ3v) is 5.17. The first-order chi connectivity index (χ1) is 14.5. The van der Waals surface area contributed by atoms with Crippen LogP contribution in [0.1, 0.15) is 22.3 Å². The minimum Gasteiger partial charge on any atom is -0.383 e. The van der Waals surface area contributed by atoms with E-state index < -0.39 is 0 Å². The molecular weight excluding hydrogens is 383 g/mol. The van der Waals surface area contributed by atoms with Gasteiger partial charge in [-0.25, -0.2) is 14.4 Å². The third-order valence-electron chi connectivity index (χ3n) is 5.17. The summed E-state index contributed by atoms with van der Waals surface area (Å²) in [5.41, 5.74) is 9.75. The molecule has 0 spiro atoms. The number of carbonyl (C=O) groups is 1. The van der Waals surface area contributed by atoms with Crippen molar-refractivity contribution in [3.05, 3.63) is 76.9 Å². The number of nitrogens with two attached hydrogens (primary N) is 1. The lowest BCUT2D eigenvalue weighted by Crippen LogP contribution is -2.30. The van der Waals surface area contributed by atoms with Crippen LogP contribution in [0.15, 0.2) is 48.8 Å². The summed E-state index contributed by atoms with van der Waals surface area (Å²) in [6, 6.07) is 11.6. The largest absolute Gasteiger partial charge is 0.383 e. The molecule has 4 N–H and O–H groups in total. The Labute approximate surface area is 173 Å². The SMILES string of the molecule is CNc1ncnc(N)c1C(=N)c1ccc2c(c1)CCN2C(=O)Cc1cccc(F)c1. The number of hydrogen-bond donors (Lipinski definition) is 3. The Hall–Kier alpha value is -3.81. The number of nitrogens with one attached hydrogen (secondary N) is 2. The van der Waals surface area contributed by atoms with Crippen LogP contribution in [0.5, 0.6) is 0 Å². The van der Waals surface area contributed by atoms with Crippen molar-refractivity contribution >= 4 is 28.9 Å². The van der Waals surface area contributed by atoms with E-state index in [1.54, 1.807) is 30.1 Å². The molecule has 152 valence electrons. The number of nitrogens with zero attached hydrogens (tertiary/aromatic N) is 3. The Balaban J connectivity index is 1.58. The van der Waals surface area contributed by atoms with Crippen LogP contribution in [-0.4, -0.2) is 35.2 Å². The minimum atomic E-state index is -0.352. The van der Waals surface area contributed by atoms with Crippen molar-refractivity contribution in [1.82, 2.24) is 9.97 Å². The number of hydrogen-bond acceptors (Lipinski definition) is 6. The van der Waals surface area contributed by atoms with Crippen molar-refractivity contribution in [3.63, 3.8) is 0 Å². The van der Waals surface area contributed by atoms with Crippen LogP contribution in [0, 0.1) is 11.2 Å². The van der Waals surface area contributed by atoms with E-state index >= 15 is 0 Å². The third kappa shape index (κ3) is 3.59. The zero-order valence-corrected chi connectivity index (χ0v) is 16.4. The molecule has 0 fully saturated rings. The average Bonchev–Trinajstić information content (AvgIpc) is 3.16. The van der Waals surface area contributed by atoms with E-state index in [0.717, 1.165) is 11.3 Å². The van der Waals surface area contributed by atoms with Gasteiger partial charge in [-0.1, -0.05) is 18.2 Å². The van der Waals surface area contributed by atoms with E-state index in [1.807, 2.05) is 12.1 Å². The van der Waals surface area contributed by atoms with Crippen LogP contribution in [0.3, 0.4) is 0 Å². The molecular formula is C22H21FN6O. The highest BCUT2D eigenvalue weighted by atomic mass is 19.1. The fourth-order valence-electron chi connectivity index (χ4n) is 3.71. The summed E-state index contributed by atoms with van der Waals surface area (Å²) in [6.07, 6.45) is 2.17.